The summed E-state index contributed by atoms with van der Waals surface area (Å²) < 4.78 is 0. The van der Waals surface area contributed by atoms with Gasteiger partial charge in [-0.15, -0.1) is 0 Å². The Kier molecular flexibility index (Phi) is 4.36. The molecule has 0 bridgehead atoms. The summed E-state index contributed by atoms with van der Waals surface area (Å²) in [7, 11) is 0. The van der Waals surface area contributed by atoms with E-state index in [-0.39, 0.29) is 18.3 Å². The Morgan fingerprint density at radius 1 is 1.35 bits per heavy atom. The van der Waals surface area contributed by atoms with Crippen LogP contribution in [0.3, 0.4) is 0 Å². The summed E-state index contributed by atoms with van der Waals surface area (Å²) in [4.78, 5) is 11.2. The standard InChI is InChI=1S/C17H24O3/c1-4-11-7-8-13(10(2)3)16(17(11)20)14(9-15(18)19)12-5-6-12/h7-8,10,12,14,20H,4-6,9H2,1-3H3,(H,18,19). The highest BCUT2D eigenvalue weighted by Gasteiger charge is 2.37. The van der Waals surface area contributed by atoms with Gasteiger partial charge in [-0.1, -0.05) is 32.9 Å². The molecule has 1 saturated carbocycles. The molecular weight excluding hydrogens is 252 g/mol. The maximum Gasteiger partial charge on any atom is 0.303 e. The Morgan fingerprint density at radius 3 is 2.45 bits per heavy atom. The van der Waals surface area contributed by atoms with Gasteiger partial charge in [0, 0.05) is 11.5 Å². The predicted octanol–water partition coefficient (Wildman–Crippen LogP) is 4.05. The summed E-state index contributed by atoms with van der Waals surface area (Å²) in [5.41, 5.74) is 2.91. The van der Waals surface area contributed by atoms with Crippen molar-refractivity contribution in [3.8, 4) is 5.75 Å². The topological polar surface area (TPSA) is 57.5 Å². The van der Waals surface area contributed by atoms with Crippen molar-refractivity contribution in [1.82, 2.24) is 0 Å². The third-order valence-electron chi connectivity index (χ3n) is 4.29. The van der Waals surface area contributed by atoms with Crippen LogP contribution >= 0.6 is 0 Å². The van der Waals surface area contributed by atoms with E-state index in [1.54, 1.807) is 0 Å². The second kappa shape index (κ2) is 5.86. The Hall–Kier alpha value is -1.51. The minimum Gasteiger partial charge on any atom is -0.507 e. The number of hydrogen-bond acceptors (Lipinski definition) is 2. The molecule has 0 heterocycles. The number of aromatic hydroxyl groups is 1. The lowest BCUT2D eigenvalue weighted by Gasteiger charge is -2.23. The predicted molar refractivity (Wildman–Crippen MR) is 79.3 cm³/mol. The number of carboxylic acids is 1. The number of aliphatic carboxylic acids is 1. The first-order valence-electron chi connectivity index (χ1n) is 7.52. The van der Waals surface area contributed by atoms with Crippen molar-refractivity contribution in [1.29, 1.82) is 0 Å². The van der Waals surface area contributed by atoms with Crippen molar-refractivity contribution in [3.05, 3.63) is 28.8 Å². The molecule has 2 rings (SSSR count). The van der Waals surface area contributed by atoms with Gasteiger partial charge in [-0.25, -0.2) is 0 Å². The quantitative estimate of drug-likeness (QED) is 0.824. The number of phenolic OH excluding ortho intramolecular Hbond substituents is 1. The van der Waals surface area contributed by atoms with Crippen molar-refractivity contribution >= 4 is 5.97 Å². The van der Waals surface area contributed by atoms with Crippen LogP contribution in [0.25, 0.3) is 0 Å². The number of benzene rings is 1. The Labute approximate surface area is 120 Å². The van der Waals surface area contributed by atoms with Crippen LogP contribution in [0.2, 0.25) is 0 Å². The highest BCUT2D eigenvalue weighted by molar-refractivity contribution is 5.69. The molecule has 1 aromatic carbocycles. The first-order valence-corrected chi connectivity index (χ1v) is 7.52. The van der Waals surface area contributed by atoms with Gasteiger partial charge >= 0.3 is 5.97 Å². The van der Waals surface area contributed by atoms with Gasteiger partial charge in [0.2, 0.25) is 0 Å². The van der Waals surface area contributed by atoms with E-state index in [0.717, 1.165) is 36.0 Å². The number of hydrogen-bond donors (Lipinski definition) is 2. The molecule has 1 atom stereocenters. The van der Waals surface area contributed by atoms with E-state index in [4.69, 9.17) is 0 Å². The Bertz CT molecular complexity index is 501. The lowest BCUT2D eigenvalue weighted by molar-refractivity contribution is -0.137. The number of phenols is 1. The van der Waals surface area contributed by atoms with E-state index in [1.807, 2.05) is 13.0 Å². The Morgan fingerprint density at radius 2 is 2.00 bits per heavy atom. The number of rotatable bonds is 6. The number of carbonyl (C=O) groups is 1. The molecule has 3 heteroatoms. The van der Waals surface area contributed by atoms with Crippen LogP contribution < -0.4 is 0 Å². The number of aryl methyl sites for hydroxylation is 1. The fourth-order valence-corrected chi connectivity index (χ4v) is 3.04. The second-order valence-corrected chi connectivity index (χ2v) is 6.13. The average molecular weight is 276 g/mol. The summed E-state index contributed by atoms with van der Waals surface area (Å²) in [5, 5.41) is 19.8. The zero-order valence-corrected chi connectivity index (χ0v) is 12.5. The van der Waals surface area contributed by atoms with E-state index < -0.39 is 5.97 Å². The fourth-order valence-electron chi connectivity index (χ4n) is 3.04. The molecule has 1 aromatic rings. The monoisotopic (exact) mass is 276 g/mol. The highest BCUT2D eigenvalue weighted by Crippen LogP contribution is 2.49. The van der Waals surface area contributed by atoms with Crippen molar-refractivity contribution in [2.24, 2.45) is 5.92 Å². The van der Waals surface area contributed by atoms with E-state index in [9.17, 15) is 15.0 Å². The van der Waals surface area contributed by atoms with Gasteiger partial charge in [0.05, 0.1) is 6.42 Å². The molecule has 1 aliphatic carbocycles. The third kappa shape index (κ3) is 2.97. The molecule has 1 aliphatic rings. The average Bonchev–Trinajstić information content (AvgIpc) is 3.19. The van der Waals surface area contributed by atoms with Crippen molar-refractivity contribution in [3.63, 3.8) is 0 Å². The largest absolute Gasteiger partial charge is 0.507 e. The normalized spacial score (nSPS) is 16.4. The van der Waals surface area contributed by atoms with Crippen LogP contribution in [-0.4, -0.2) is 16.2 Å². The van der Waals surface area contributed by atoms with Gasteiger partial charge in [-0.3, -0.25) is 4.79 Å². The smallest absolute Gasteiger partial charge is 0.303 e. The maximum atomic E-state index is 11.2. The van der Waals surface area contributed by atoms with Gasteiger partial charge in [-0.2, -0.15) is 0 Å². The maximum absolute atomic E-state index is 11.2. The summed E-state index contributed by atoms with van der Waals surface area (Å²) in [6.45, 7) is 6.19. The van der Waals surface area contributed by atoms with Crippen LogP contribution in [0, 0.1) is 5.92 Å². The lowest BCUT2D eigenvalue weighted by Crippen LogP contribution is -2.12. The lowest BCUT2D eigenvalue weighted by atomic mass is 9.82. The summed E-state index contributed by atoms with van der Waals surface area (Å²) in [6.07, 6.45) is 3.03. The summed E-state index contributed by atoms with van der Waals surface area (Å²) >= 11 is 0. The molecule has 0 aliphatic heterocycles. The first-order chi connectivity index (χ1) is 9.45. The Balaban J connectivity index is 2.52. The fraction of sp³-hybridized carbons (Fsp3) is 0.588. The second-order valence-electron chi connectivity index (χ2n) is 6.13. The SMILES string of the molecule is CCc1ccc(C(C)C)c(C(CC(=O)O)C2CC2)c1O. The first kappa shape index (κ1) is 14.9. The van der Waals surface area contributed by atoms with Crippen LogP contribution in [0.4, 0.5) is 0 Å². The minimum absolute atomic E-state index is 0.0450. The molecule has 3 nitrogen and oxygen atoms in total. The molecule has 0 aromatic heterocycles. The third-order valence-corrected chi connectivity index (χ3v) is 4.29. The van der Waals surface area contributed by atoms with Gasteiger partial charge in [-0.05, 0) is 42.2 Å². The summed E-state index contributed by atoms with van der Waals surface area (Å²) in [6, 6.07) is 4.04. The van der Waals surface area contributed by atoms with E-state index in [2.05, 4.69) is 19.9 Å². The molecule has 20 heavy (non-hydrogen) atoms. The van der Waals surface area contributed by atoms with Crippen LogP contribution in [-0.2, 0) is 11.2 Å². The van der Waals surface area contributed by atoms with Crippen molar-refractivity contribution in [2.75, 3.05) is 0 Å². The summed E-state index contributed by atoms with van der Waals surface area (Å²) in [5.74, 6) is 0.213. The van der Waals surface area contributed by atoms with Crippen LogP contribution in [0.1, 0.15) is 68.6 Å². The molecule has 110 valence electrons. The minimum atomic E-state index is -0.780. The molecule has 1 unspecified atom stereocenters. The van der Waals surface area contributed by atoms with Crippen molar-refractivity contribution in [2.45, 2.75) is 58.3 Å². The van der Waals surface area contributed by atoms with Gasteiger partial charge in [0.25, 0.3) is 0 Å². The van der Waals surface area contributed by atoms with Gasteiger partial charge < -0.3 is 10.2 Å². The van der Waals surface area contributed by atoms with Crippen molar-refractivity contribution < 1.29 is 15.0 Å². The van der Waals surface area contributed by atoms with Crippen LogP contribution in [0.15, 0.2) is 12.1 Å². The van der Waals surface area contributed by atoms with E-state index in [0.29, 0.717) is 11.7 Å². The molecular formula is C17H24O3. The molecule has 2 N–H and O–H groups in total. The molecule has 1 fully saturated rings. The van der Waals surface area contributed by atoms with Gasteiger partial charge in [0.1, 0.15) is 5.75 Å². The van der Waals surface area contributed by atoms with E-state index >= 15 is 0 Å². The molecule has 0 spiro atoms. The zero-order chi connectivity index (χ0) is 14.9. The highest BCUT2D eigenvalue weighted by atomic mass is 16.4. The molecule has 0 amide bonds. The molecule has 0 radical (unpaired) electrons. The van der Waals surface area contributed by atoms with Crippen LogP contribution in [0.5, 0.6) is 5.75 Å². The van der Waals surface area contributed by atoms with E-state index in [1.165, 1.54) is 0 Å². The zero-order valence-electron chi connectivity index (χ0n) is 12.5. The van der Waals surface area contributed by atoms with Gasteiger partial charge in [0.15, 0.2) is 0 Å². The molecule has 0 saturated heterocycles. The number of carboxylic acid groups (broad SMARTS) is 1.